The molecule has 1 aliphatic carbocycles. The van der Waals surface area contributed by atoms with Crippen LogP contribution in [0.3, 0.4) is 0 Å². The molecule has 0 bridgehead atoms. The Balaban J connectivity index is 2.09. The van der Waals surface area contributed by atoms with Crippen LogP contribution in [-0.4, -0.2) is 41.0 Å². The molecule has 1 aromatic rings. The van der Waals surface area contributed by atoms with Crippen molar-refractivity contribution in [2.45, 2.75) is 45.2 Å². The number of aryl methyl sites for hydroxylation is 1. The van der Waals surface area contributed by atoms with Gasteiger partial charge >= 0.3 is 0 Å². The highest BCUT2D eigenvalue weighted by Gasteiger charge is 2.33. The zero-order valence-electron chi connectivity index (χ0n) is 13.2. The van der Waals surface area contributed by atoms with E-state index in [4.69, 9.17) is 5.11 Å². The Bertz CT molecular complexity index is 523. The lowest BCUT2D eigenvalue weighted by atomic mass is 10.0. The molecule has 1 fully saturated rings. The van der Waals surface area contributed by atoms with Crippen LogP contribution in [0.4, 0.5) is 0 Å². The van der Waals surface area contributed by atoms with Gasteiger partial charge in [-0.05, 0) is 25.3 Å². The number of nitrogens with one attached hydrogen (secondary N) is 1. The van der Waals surface area contributed by atoms with E-state index in [9.17, 15) is 9.59 Å². The third-order valence-corrected chi connectivity index (χ3v) is 3.88. The number of benzene rings is 1. The third-order valence-electron chi connectivity index (χ3n) is 3.88. The molecule has 0 radical (unpaired) electrons. The highest BCUT2D eigenvalue weighted by molar-refractivity contribution is 5.79. The van der Waals surface area contributed by atoms with Crippen LogP contribution in [0.25, 0.3) is 0 Å². The molecule has 1 atom stereocenters. The van der Waals surface area contributed by atoms with E-state index in [0.717, 1.165) is 24.0 Å². The summed E-state index contributed by atoms with van der Waals surface area (Å²) < 4.78 is 0. The van der Waals surface area contributed by atoms with Crippen molar-refractivity contribution >= 4 is 11.8 Å². The van der Waals surface area contributed by atoms with E-state index in [-0.39, 0.29) is 36.9 Å². The normalized spacial score (nSPS) is 15.2. The molecule has 1 aliphatic rings. The maximum Gasteiger partial charge on any atom is 0.225 e. The Hall–Kier alpha value is -1.88. The van der Waals surface area contributed by atoms with Crippen LogP contribution < -0.4 is 5.32 Å². The quantitative estimate of drug-likeness (QED) is 0.803. The van der Waals surface area contributed by atoms with Gasteiger partial charge in [-0.1, -0.05) is 29.8 Å². The van der Waals surface area contributed by atoms with Crippen LogP contribution in [0.1, 0.15) is 43.4 Å². The van der Waals surface area contributed by atoms with Crippen LogP contribution in [0.15, 0.2) is 24.3 Å². The van der Waals surface area contributed by atoms with Gasteiger partial charge in [0, 0.05) is 19.5 Å². The summed E-state index contributed by atoms with van der Waals surface area (Å²) in [4.78, 5) is 25.7. The number of rotatable bonds is 7. The minimum absolute atomic E-state index is 0.0177. The molecule has 1 aromatic carbocycles. The van der Waals surface area contributed by atoms with Gasteiger partial charge < -0.3 is 15.3 Å². The topological polar surface area (TPSA) is 69.6 Å². The van der Waals surface area contributed by atoms with Gasteiger partial charge in [-0.25, -0.2) is 0 Å². The molecule has 1 saturated carbocycles. The molecule has 0 aromatic heterocycles. The molecule has 0 spiro atoms. The second-order valence-electron chi connectivity index (χ2n) is 5.91. The zero-order chi connectivity index (χ0) is 16.1. The number of amides is 2. The second kappa shape index (κ2) is 7.40. The highest BCUT2D eigenvalue weighted by Crippen LogP contribution is 2.28. The van der Waals surface area contributed by atoms with Crippen LogP contribution in [-0.2, 0) is 9.59 Å². The first-order valence-electron chi connectivity index (χ1n) is 7.75. The van der Waals surface area contributed by atoms with Gasteiger partial charge in [0.2, 0.25) is 11.8 Å². The summed E-state index contributed by atoms with van der Waals surface area (Å²) in [5, 5.41) is 12.0. The molecule has 2 N–H and O–H groups in total. The summed E-state index contributed by atoms with van der Waals surface area (Å²) in [7, 11) is 0. The van der Waals surface area contributed by atoms with Crippen molar-refractivity contribution in [3.63, 3.8) is 0 Å². The van der Waals surface area contributed by atoms with Crippen molar-refractivity contribution in [2.24, 2.45) is 0 Å². The first-order valence-corrected chi connectivity index (χ1v) is 7.75. The van der Waals surface area contributed by atoms with E-state index >= 15 is 0 Å². The van der Waals surface area contributed by atoms with Gasteiger partial charge in [0.25, 0.3) is 0 Å². The van der Waals surface area contributed by atoms with Crippen molar-refractivity contribution in [2.75, 3.05) is 13.2 Å². The summed E-state index contributed by atoms with van der Waals surface area (Å²) in [5.74, 6) is -0.172. The van der Waals surface area contributed by atoms with E-state index in [1.807, 2.05) is 31.2 Å². The fourth-order valence-electron chi connectivity index (χ4n) is 2.59. The molecule has 120 valence electrons. The lowest BCUT2D eigenvalue weighted by Crippen LogP contribution is -2.38. The maximum atomic E-state index is 12.5. The molecule has 5 nitrogen and oxygen atoms in total. The average molecular weight is 304 g/mol. The standard InChI is InChI=1S/C17H24N2O3/c1-12-3-5-14(6-4-12)16(18-13(2)21)11-17(22)19(9-10-20)15-7-8-15/h3-6,15-16,20H,7-11H2,1-2H3,(H,18,21). The Morgan fingerprint density at radius 2 is 1.95 bits per heavy atom. The van der Waals surface area contributed by atoms with Gasteiger partial charge in [-0.2, -0.15) is 0 Å². The summed E-state index contributed by atoms with van der Waals surface area (Å²) in [6.07, 6.45) is 2.22. The minimum Gasteiger partial charge on any atom is -0.395 e. The number of hydrogen-bond donors (Lipinski definition) is 2. The second-order valence-corrected chi connectivity index (χ2v) is 5.91. The number of hydrogen-bond acceptors (Lipinski definition) is 3. The largest absolute Gasteiger partial charge is 0.395 e. The van der Waals surface area contributed by atoms with Crippen molar-refractivity contribution in [3.8, 4) is 0 Å². The lowest BCUT2D eigenvalue weighted by molar-refractivity contribution is -0.133. The number of aliphatic hydroxyl groups is 1. The predicted molar refractivity (Wildman–Crippen MR) is 84.2 cm³/mol. The Labute approximate surface area is 131 Å². The van der Waals surface area contributed by atoms with Crippen LogP contribution >= 0.6 is 0 Å². The molecular weight excluding hydrogens is 280 g/mol. The average Bonchev–Trinajstić information content (AvgIpc) is 3.28. The minimum atomic E-state index is -0.328. The molecule has 0 heterocycles. The first kappa shape index (κ1) is 16.5. The van der Waals surface area contributed by atoms with Crippen molar-refractivity contribution in [1.29, 1.82) is 0 Å². The number of nitrogens with zero attached hydrogens (tertiary/aromatic N) is 1. The summed E-state index contributed by atoms with van der Waals surface area (Å²) in [6.45, 7) is 3.79. The van der Waals surface area contributed by atoms with Crippen molar-refractivity contribution < 1.29 is 14.7 Å². The van der Waals surface area contributed by atoms with E-state index in [0.29, 0.717) is 6.54 Å². The Kier molecular flexibility index (Phi) is 5.55. The summed E-state index contributed by atoms with van der Waals surface area (Å²) in [6, 6.07) is 7.76. The monoisotopic (exact) mass is 304 g/mol. The molecule has 2 amide bonds. The van der Waals surface area contributed by atoms with Crippen LogP contribution in [0, 0.1) is 6.92 Å². The summed E-state index contributed by atoms with van der Waals surface area (Å²) >= 11 is 0. The number of carbonyl (C=O) groups excluding carboxylic acids is 2. The van der Waals surface area contributed by atoms with Crippen LogP contribution in [0.5, 0.6) is 0 Å². The molecular formula is C17H24N2O3. The fourth-order valence-corrected chi connectivity index (χ4v) is 2.59. The fraction of sp³-hybridized carbons (Fsp3) is 0.529. The van der Waals surface area contributed by atoms with Gasteiger partial charge in [0.1, 0.15) is 0 Å². The molecule has 22 heavy (non-hydrogen) atoms. The van der Waals surface area contributed by atoms with E-state index in [1.54, 1.807) is 4.90 Å². The SMILES string of the molecule is CC(=O)NC(CC(=O)N(CCO)C1CC1)c1ccc(C)cc1. The number of aliphatic hydroxyl groups excluding tert-OH is 1. The highest BCUT2D eigenvalue weighted by atomic mass is 16.3. The van der Waals surface area contributed by atoms with E-state index in [2.05, 4.69) is 5.32 Å². The number of carbonyl (C=O) groups is 2. The predicted octanol–water partition coefficient (Wildman–Crippen LogP) is 1.55. The molecule has 2 rings (SSSR count). The Morgan fingerprint density at radius 1 is 1.32 bits per heavy atom. The first-order chi connectivity index (χ1) is 10.5. The van der Waals surface area contributed by atoms with Gasteiger partial charge in [-0.3, -0.25) is 9.59 Å². The van der Waals surface area contributed by atoms with Gasteiger partial charge in [0.15, 0.2) is 0 Å². The molecule has 1 unspecified atom stereocenters. The Morgan fingerprint density at radius 3 is 2.45 bits per heavy atom. The molecule has 5 heteroatoms. The van der Waals surface area contributed by atoms with Crippen molar-refractivity contribution in [1.82, 2.24) is 10.2 Å². The maximum absolute atomic E-state index is 12.5. The van der Waals surface area contributed by atoms with E-state index in [1.165, 1.54) is 6.92 Å². The third kappa shape index (κ3) is 4.56. The van der Waals surface area contributed by atoms with E-state index < -0.39 is 0 Å². The zero-order valence-corrected chi connectivity index (χ0v) is 13.2. The molecule has 0 aliphatic heterocycles. The summed E-state index contributed by atoms with van der Waals surface area (Å²) in [5.41, 5.74) is 2.06. The molecule has 0 saturated heterocycles. The van der Waals surface area contributed by atoms with Crippen molar-refractivity contribution in [3.05, 3.63) is 35.4 Å². The lowest BCUT2D eigenvalue weighted by Gasteiger charge is -2.25. The van der Waals surface area contributed by atoms with Gasteiger partial charge in [0.05, 0.1) is 19.1 Å². The van der Waals surface area contributed by atoms with Crippen LogP contribution in [0.2, 0.25) is 0 Å². The van der Waals surface area contributed by atoms with Gasteiger partial charge in [-0.15, -0.1) is 0 Å². The smallest absolute Gasteiger partial charge is 0.225 e.